The zero-order valence-corrected chi connectivity index (χ0v) is 27.2. The second-order valence-corrected chi connectivity index (χ2v) is 13.1. The number of amides is 3. The maximum atomic E-state index is 13.8. The Bertz CT molecular complexity index is 1050. The lowest BCUT2D eigenvalue weighted by atomic mass is 9.78. The first kappa shape index (κ1) is 34.2. The van der Waals surface area contributed by atoms with Crippen molar-refractivity contribution in [2.24, 2.45) is 5.92 Å². The molecule has 2 saturated heterocycles. The molecule has 1 spiro atoms. The van der Waals surface area contributed by atoms with Crippen LogP contribution in [-0.4, -0.2) is 90.1 Å². The van der Waals surface area contributed by atoms with Crippen molar-refractivity contribution in [3.8, 4) is 5.75 Å². The van der Waals surface area contributed by atoms with Gasteiger partial charge in [0.05, 0.1) is 12.7 Å². The molecular formula is C35H56N4O5. The number of aliphatic hydroxyl groups excluding tert-OH is 1. The molecule has 44 heavy (non-hydrogen) atoms. The molecule has 3 amide bonds. The van der Waals surface area contributed by atoms with Crippen LogP contribution in [0.1, 0.15) is 114 Å². The van der Waals surface area contributed by atoms with Gasteiger partial charge in [-0.05, 0) is 81.7 Å². The minimum atomic E-state index is -0.806. The van der Waals surface area contributed by atoms with Gasteiger partial charge in [-0.3, -0.25) is 14.4 Å². The molecule has 9 nitrogen and oxygen atoms in total. The van der Waals surface area contributed by atoms with Gasteiger partial charge in [0.25, 0.3) is 5.91 Å². The molecule has 2 aliphatic heterocycles. The number of unbranched alkanes of at least 4 members (excludes halogenated alkanes) is 6. The molecule has 2 heterocycles. The van der Waals surface area contributed by atoms with Gasteiger partial charge in [-0.15, -0.1) is 0 Å². The number of aliphatic hydroxyl groups is 1. The first-order valence-corrected chi connectivity index (χ1v) is 17.4. The van der Waals surface area contributed by atoms with Crippen LogP contribution >= 0.6 is 0 Å². The smallest absolute Gasteiger partial charge is 0.251 e. The van der Waals surface area contributed by atoms with E-state index in [0.717, 1.165) is 83.2 Å². The van der Waals surface area contributed by atoms with Gasteiger partial charge >= 0.3 is 0 Å². The van der Waals surface area contributed by atoms with Gasteiger partial charge in [0.1, 0.15) is 17.3 Å². The molecular weight excluding hydrogens is 556 g/mol. The second-order valence-electron chi connectivity index (χ2n) is 13.1. The quantitative estimate of drug-likeness (QED) is 0.234. The number of nitrogens with zero attached hydrogens (tertiary/aromatic N) is 2. The van der Waals surface area contributed by atoms with Crippen LogP contribution in [0, 0.1) is 5.92 Å². The van der Waals surface area contributed by atoms with Gasteiger partial charge in [0.2, 0.25) is 11.8 Å². The summed E-state index contributed by atoms with van der Waals surface area (Å²) in [5.41, 5.74) is -0.147. The Morgan fingerprint density at radius 1 is 0.977 bits per heavy atom. The predicted molar refractivity (Wildman–Crippen MR) is 173 cm³/mol. The summed E-state index contributed by atoms with van der Waals surface area (Å²) in [6, 6.07) is 6.43. The molecule has 4 rings (SSSR count). The molecule has 3 N–H and O–H groups in total. The van der Waals surface area contributed by atoms with E-state index < -0.39 is 17.7 Å². The maximum absolute atomic E-state index is 13.8. The Labute approximate surface area is 264 Å². The minimum Gasteiger partial charge on any atom is -0.494 e. The summed E-state index contributed by atoms with van der Waals surface area (Å²) >= 11 is 0. The van der Waals surface area contributed by atoms with Crippen molar-refractivity contribution in [3.05, 3.63) is 29.8 Å². The molecule has 3 aliphatic rings. The van der Waals surface area contributed by atoms with Crippen LogP contribution < -0.4 is 15.4 Å². The summed E-state index contributed by atoms with van der Waals surface area (Å²) in [6.07, 6.45) is 14.4. The molecule has 0 unspecified atom stereocenters. The van der Waals surface area contributed by atoms with E-state index in [1.54, 1.807) is 19.2 Å². The van der Waals surface area contributed by atoms with Crippen LogP contribution in [-0.2, 0) is 9.59 Å². The van der Waals surface area contributed by atoms with Gasteiger partial charge in [0, 0.05) is 32.2 Å². The van der Waals surface area contributed by atoms with Crippen LogP contribution in [0.4, 0.5) is 0 Å². The van der Waals surface area contributed by atoms with Crippen molar-refractivity contribution in [1.29, 1.82) is 0 Å². The van der Waals surface area contributed by atoms with Crippen LogP contribution in [0.5, 0.6) is 5.75 Å². The number of likely N-dealkylation sites (tertiary alicyclic amines) is 1. The third-order valence-electron chi connectivity index (χ3n) is 10.1. The number of piperazine rings is 1. The fourth-order valence-corrected chi connectivity index (χ4v) is 7.28. The zero-order valence-electron chi connectivity index (χ0n) is 27.2. The van der Waals surface area contributed by atoms with E-state index in [9.17, 15) is 19.5 Å². The van der Waals surface area contributed by atoms with Crippen LogP contribution in [0.3, 0.4) is 0 Å². The Morgan fingerprint density at radius 2 is 1.64 bits per heavy atom. The Hall–Kier alpha value is -2.65. The molecule has 3 fully saturated rings. The van der Waals surface area contributed by atoms with E-state index in [4.69, 9.17) is 4.74 Å². The second kappa shape index (κ2) is 17.2. The predicted octanol–water partition coefficient (Wildman–Crippen LogP) is 4.67. The monoisotopic (exact) mass is 612 g/mol. The number of hydrogen-bond donors (Lipinski definition) is 3. The normalized spacial score (nSPS) is 21.7. The zero-order chi connectivity index (χ0) is 31.4. The summed E-state index contributed by atoms with van der Waals surface area (Å²) in [6.45, 7) is 6.05. The number of nitrogens with one attached hydrogen (secondary N) is 2. The summed E-state index contributed by atoms with van der Waals surface area (Å²) in [5.74, 6) is 0.658. The number of benzene rings is 1. The summed E-state index contributed by atoms with van der Waals surface area (Å²) in [4.78, 5) is 43.4. The lowest BCUT2D eigenvalue weighted by molar-refractivity contribution is -0.165. The van der Waals surface area contributed by atoms with Crippen molar-refractivity contribution in [3.63, 3.8) is 0 Å². The molecule has 9 heteroatoms. The highest BCUT2D eigenvalue weighted by molar-refractivity contribution is 6.00. The van der Waals surface area contributed by atoms with Crippen molar-refractivity contribution >= 4 is 17.7 Å². The van der Waals surface area contributed by atoms with Gasteiger partial charge in [-0.2, -0.15) is 0 Å². The van der Waals surface area contributed by atoms with E-state index >= 15 is 0 Å². The first-order chi connectivity index (χ1) is 21.4. The average molecular weight is 613 g/mol. The van der Waals surface area contributed by atoms with Gasteiger partial charge in [-0.1, -0.05) is 58.3 Å². The van der Waals surface area contributed by atoms with Gasteiger partial charge in [-0.25, -0.2) is 0 Å². The van der Waals surface area contributed by atoms with E-state index in [0.29, 0.717) is 31.6 Å². The number of carbonyl (C=O) groups is 3. The molecule has 1 saturated carbocycles. The lowest BCUT2D eigenvalue weighted by Gasteiger charge is -2.52. The van der Waals surface area contributed by atoms with Crippen molar-refractivity contribution in [2.75, 3.05) is 39.8 Å². The summed E-state index contributed by atoms with van der Waals surface area (Å²) < 4.78 is 5.81. The third-order valence-corrected chi connectivity index (χ3v) is 10.1. The highest BCUT2D eigenvalue weighted by Gasteiger charge is 2.55. The van der Waals surface area contributed by atoms with Crippen molar-refractivity contribution < 1.29 is 24.2 Å². The number of hydrogen-bond acceptors (Lipinski definition) is 6. The SMILES string of the molecule is CCCCN1C(=O)[C@@H]([C@H](O)C2CCCCC2)NC(=O)C12CCN(CCCCCCCCOc1ccc(C(=O)NC)cc1)CC2. The number of ether oxygens (including phenoxy) is 1. The van der Waals surface area contributed by atoms with E-state index in [-0.39, 0.29) is 23.6 Å². The van der Waals surface area contributed by atoms with Crippen molar-refractivity contribution in [2.45, 2.75) is 121 Å². The van der Waals surface area contributed by atoms with Crippen LogP contribution in [0.2, 0.25) is 0 Å². The molecule has 1 aromatic rings. The van der Waals surface area contributed by atoms with E-state index in [2.05, 4.69) is 22.5 Å². The highest BCUT2D eigenvalue weighted by atomic mass is 16.5. The maximum Gasteiger partial charge on any atom is 0.251 e. The Balaban J connectivity index is 1.14. The average Bonchev–Trinajstić information content (AvgIpc) is 3.06. The molecule has 2 atom stereocenters. The number of piperidine rings is 1. The molecule has 0 aromatic heterocycles. The number of rotatable bonds is 16. The standard InChI is InChI=1S/C35H56N4O5/c1-3-4-23-39-33(42)30(31(40)27-14-10-9-11-15-27)37-34(43)35(39)20-24-38(25-21-35)22-12-7-5-6-8-13-26-44-29-18-16-28(17-19-29)32(41)36-2/h16-19,27,30-31,40H,3-15,20-26H2,1-2H3,(H,36,41)(H,37,43)/t30-,31-/m1/s1. The fourth-order valence-electron chi connectivity index (χ4n) is 7.28. The fraction of sp³-hybridized carbons (Fsp3) is 0.743. The minimum absolute atomic E-state index is 0.0578. The summed E-state index contributed by atoms with van der Waals surface area (Å²) in [5, 5.41) is 16.8. The molecule has 1 aromatic carbocycles. The van der Waals surface area contributed by atoms with Crippen molar-refractivity contribution in [1.82, 2.24) is 20.4 Å². The largest absolute Gasteiger partial charge is 0.494 e. The molecule has 0 bridgehead atoms. The van der Waals surface area contributed by atoms with Crippen LogP contribution in [0.25, 0.3) is 0 Å². The first-order valence-electron chi connectivity index (χ1n) is 17.4. The molecule has 246 valence electrons. The topological polar surface area (TPSA) is 111 Å². The van der Waals surface area contributed by atoms with E-state index in [1.165, 1.54) is 25.7 Å². The highest BCUT2D eigenvalue weighted by Crippen LogP contribution is 2.36. The molecule has 0 radical (unpaired) electrons. The molecule has 1 aliphatic carbocycles. The number of carbonyl (C=O) groups excluding carboxylic acids is 3. The lowest BCUT2D eigenvalue weighted by Crippen LogP contribution is -2.75. The summed E-state index contributed by atoms with van der Waals surface area (Å²) in [7, 11) is 1.62. The Kier molecular flexibility index (Phi) is 13.3. The van der Waals surface area contributed by atoms with E-state index in [1.807, 2.05) is 17.0 Å². The van der Waals surface area contributed by atoms with Crippen LogP contribution in [0.15, 0.2) is 24.3 Å². The Morgan fingerprint density at radius 3 is 2.30 bits per heavy atom. The van der Waals surface area contributed by atoms with Gasteiger partial charge in [0.15, 0.2) is 0 Å². The van der Waals surface area contributed by atoms with Gasteiger partial charge < -0.3 is 30.3 Å². The third kappa shape index (κ3) is 8.75.